The number of aliphatic hydroxyl groups is 2. The van der Waals surface area contributed by atoms with Crippen molar-refractivity contribution in [2.45, 2.75) is 373 Å². The van der Waals surface area contributed by atoms with E-state index < -0.39 is 12.1 Å². The molecule has 0 radical (unpaired) electrons. The van der Waals surface area contributed by atoms with Gasteiger partial charge in [-0.25, -0.2) is 0 Å². The van der Waals surface area contributed by atoms with E-state index in [0.29, 0.717) is 19.4 Å². The summed E-state index contributed by atoms with van der Waals surface area (Å²) in [6.45, 7) is 4.86. The summed E-state index contributed by atoms with van der Waals surface area (Å²) in [5.74, 6) is -0.0634. The zero-order valence-electron chi connectivity index (χ0n) is 52.1. The molecule has 0 aliphatic rings. The van der Waals surface area contributed by atoms with E-state index in [-0.39, 0.29) is 18.5 Å². The van der Waals surface area contributed by atoms with Gasteiger partial charge in [-0.2, -0.15) is 0 Å². The highest BCUT2D eigenvalue weighted by atomic mass is 16.5. The van der Waals surface area contributed by atoms with E-state index in [2.05, 4.69) is 67.8 Å². The monoisotopic (exact) mass is 1090 g/mol. The van der Waals surface area contributed by atoms with Crippen molar-refractivity contribution in [2.75, 3.05) is 13.2 Å². The number of carbonyl (C=O) groups is 2. The van der Waals surface area contributed by atoms with Gasteiger partial charge in [0.05, 0.1) is 25.4 Å². The molecule has 78 heavy (non-hydrogen) atoms. The Labute approximate surface area is 486 Å². The summed E-state index contributed by atoms with van der Waals surface area (Å²) in [4.78, 5) is 24.5. The standard InChI is InChI=1S/C72H133NO5/c1-3-5-7-9-11-13-14-15-39-43-46-50-54-58-62-66-72(77)78-67-63-59-55-51-47-44-41-38-36-34-32-30-28-26-24-22-20-18-16-17-19-21-23-25-27-29-31-33-35-37-40-42-45-49-53-57-61-65-71(76)73-69(68-74)70(75)64-60-56-52-48-12-10-8-6-4-2/h11,13,15-16,18,22,24,39,60,64,69-70,74-75H,3-10,12,14,17,19-21,23,25-38,40-59,61-63,65-68H2,1-2H3,(H,73,76)/b13-11-,18-16-,24-22-,39-15-,64-60+. The molecule has 0 saturated heterocycles. The molecule has 6 heteroatoms. The molecule has 2 atom stereocenters. The third-order valence-electron chi connectivity index (χ3n) is 15.8. The van der Waals surface area contributed by atoms with E-state index in [9.17, 15) is 19.8 Å². The zero-order chi connectivity index (χ0) is 56.4. The fourth-order valence-electron chi connectivity index (χ4n) is 10.5. The van der Waals surface area contributed by atoms with Crippen LogP contribution in [0.4, 0.5) is 0 Å². The zero-order valence-corrected chi connectivity index (χ0v) is 52.1. The van der Waals surface area contributed by atoms with Crippen LogP contribution in [-0.2, 0) is 14.3 Å². The fourth-order valence-corrected chi connectivity index (χ4v) is 10.5. The molecule has 2 unspecified atom stereocenters. The number of aliphatic hydroxyl groups excluding tert-OH is 2. The number of unbranched alkanes of at least 4 members (excludes halogenated alkanes) is 45. The minimum Gasteiger partial charge on any atom is -0.466 e. The molecule has 1 amide bonds. The Kier molecular flexibility index (Phi) is 65.0. The maximum atomic E-state index is 12.4. The maximum Gasteiger partial charge on any atom is 0.305 e. The van der Waals surface area contributed by atoms with Crippen LogP contribution in [0.25, 0.3) is 0 Å². The number of esters is 1. The predicted molar refractivity (Wildman–Crippen MR) is 342 cm³/mol. The topological polar surface area (TPSA) is 95.9 Å². The van der Waals surface area contributed by atoms with E-state index in [1.807, 2.05) is 6.08 Å². The predicted octanol–water partition coefficient (Wildman–Crippen LogP) is 22.3. The lowest BCUT2D eigenvalue weighted by Gasteiger charge is -2.20. The summed E-state index contributed by atoms with van der Waals surface area (Å²) >= 11 is 0. The molecular formula is C72H133NO5. The van der Waals surface area contributed by atoms with Gasteiger partial charge in [0.1, 0.15) is 0 Å². The van der Waals surface area contributed by atoms with E-state index in [0.717, 1.165) is 57.8 Å². The van der Waals surface area contributed by atoms with E-state index in [4.69, 9.17) is 4.74 Å². The molecule has 6 nitrogen and oxygen atoms in total. The van der Waals surface area contributed by atoms with Gasteiger partial charge in [-0.05, 0) is 96.3 Å². The lowest BCUT2D eigenvalue weighted by atomic mass is 10.0. The summed E-state index contributed by atoms with van der Waals surface area (Å²) in [5, 5.41) is 23.0. The maximum absolute atomic E-state index is 12.4. The Morgan fingerprint density at radius 3 is 1.00 bits per heavy atom. The van der Waals surface area contributed by atoms with Crippen molar-refractivity contribution >= 4 is 11.9 Å². The molecule has 0 heterocycles. The van der Waals surface area contributed by atoms with Gasteiger partial charge >= 0.3 is 5.97 Å². The van der Waals surface area contributed by atoms with Crippen LogP contribution in [-0.4, -0.2) is 47.4 Å². The van der Waals surface area contributed by atoms with Crippen molar-refractivity contribution < 1.29 is 24.5 Å². The second-order valence-corrected chi connectivity index (χ2v) is 23.5. The third-order valence-corrected chi connectivity index (χ3v) is 15.8. The Hall–Kier alpha value is -2.44. The summed E-state index contributed by atoms with van der Waals surface area (Å²) in [6.07, 6.45) is 88.9. The van der Waals surface area contributed by atoms with Gasteiger partial charge < -0.3 is 20.3 Å². The summed E-state index contributed by atoms with van der Waals surface area (Å²) < 4.78 is 5.48. The van der Waals surface area contributed by atoms with Gasteiger partial charge in [0.2, 0.25) is 5.91 Å². The first kappa shape index (κ1) is 75.6. The molecule has 0 fully saturated rings. The first-order valence-electron chi connectivity index (χ1n) is 34.6. The summed E-state index contributed by atoms with van der Waals surface area (Å²) in [6, 6.07) is -0.624. The van der Waals surface area contributed by atoms with Crippen LogP contribution < -0.4 is 5.32 Å². The van der Waals surface area contributed by atoms with Crippen molar-refractivity contribution in [3.8, 4) is 0 Å². The first-order chi connectivity index (χ1) is 38.5. The molecule has 0 bridgehead atoms. The summed E-state index contributed by atoms with van der Waals surface area (Å²) in [5.41, 5.74) is 0. The molecular weight excluding hydrogens is 959 g/mol. The molecule has 0 rings (SSSR count). The van der Waals surface area contributed by atoms with Crippen LogP contribution >= 0.6 is 0 Å². The Balaban J connectivity index is 3.35. The van der Waals surface area contributed by atoms with Crippen molar-refractivity contribution in [1.29, 1.82) is 0 Å². The Morgan fingerprint density at radius 1 is 0.359 bits per heavy atom. The fraction of sp³-hybridized carbons (Fsp3) is 0.833. The van der Waals surface area contributed by atoms with Crippen LogP contribution in [0.3, 0.4) is 0 Å². The molecule has 0 aliphatic heterocycles. The quantitative estimate of drug-likeness (QED) is 0.0320. The molecule has 3 N–H and O–H groups in total. The minimum absolute atomic E-state index is 0.00413. The molecule has 0 saturated carbocycles. The van der Waals surface area contributed by atoms with Crippen LogP contribution in [0.2, 0.25) is 0 Å². The van der Waals surface area contributed by atoms with Gasteiger partial charge in [0.25, 0.3) is 0 Å². The smallest absolute Gasteiger partial charge is 0.305 e. The number of carbonyl (C=O) groups excluding carboxylic acids is 2. The lowest BCUT2D eigenvalue weighted by Crippen LogP contribution is -2.45. The summed E-state index contributed by atoms with van der Waals surface area (Å²) in [7, 11) is 0. The van der Waals surface area contributed by atoms with Crippen molar-refractivity contribution in [3.05, 3.63) is 60.8 Å². The van der Waals surface area contributed by atoms with Gasteiger partial charge in [-0.3, -0.25) is 9.59 Å². The SMILES string of the molecule is CCCCC/C=C\C/C=C\CCCCCCCC(=O)OCCCCCCCCCCCCCCC/C=C\C/C=C\CCCCCCCCCCCCCCCCCCCC(=O)NC(CO)C(O)/C=C/CCCCCCCCC. The second kappa shape index (κ2) is 67.1. The van der Waals surface area contributed by atoms with Crippen molar-refractivity contribution in [1.82, 2.24) is 5.32 Å². The van der Waals surface area contributed by atoms with E-state index in [1.165, 1.54) is 276 Å². The van der Waals surface area contributed by atoms with E-state index in [1.54, 1.807) is 6.08 Å². The molecule has 0 aliphatic carbocycles. The van der Waals surface area contributed by atoms with Gasteiger partial charge in [-0.1, -0.05) is 312 Å². The average Bonchev–Trinajstić information content (AvgIpc) is 3.44. The molecule has 0 aromatic rings. The Morgan fingerprint density at radius 2 is 0.641 bits per heavy atom. The number of allylic oxidation sites excluding steroid dienone is 9. The Bertz CT molecular complexity index is 1350. The largest absolute Gasteiger partial charge is 0.466 e. The number of ether oxygens (including phenoxy) is 1. The minimum atomic E-state index is -0.841. The number of hydrogen-bond donors (Lipinski definition) is 3. The van der Waals surface area contributed by atoms with Gasteiger partial charge in [0, 0.05) is 12.8 Å². The number of amides is 1. The van der Waals surface area contributed by atoms with Gasteiger partial charge in [0.15, 0.2) is 0 Å². The molecule has 456 valence electrons. The van der Waals surface area contributed by atoms with Crippen LogP contribution in [0.5, 0.6) is 0 Å². The second-order valence-electron chi connectivity index (χ2n) is 23.5. The molecule has 0 spiro atoms. The number of rotatable bonds is 64. The lowest BCUT2D eigenvalue weighted by molar-refractivity contribution is -0.143. The van der Waals surface area contributed by atoms with Crippen LogP contribution in [0, 0.1) is 0 Å². The number of nitrogens with one attached hydrogen (secondary N) is 1. The highest BCUT2D eigenvalue weighted by Gasteiger charge is 2.18. The highest BCUT2D eigenvalue weighted by Crippen LogP contribution is 2.17. The number of hydrogen-bond acceptors (Lipinski definition) is 5. The first-order valence-corrected chi connectivity index (χ1v) is 34.6. The molecule has 0 aromatic carbocycles. The van der Waals surface area contributed by atoms with Gasteiger partial charge in [-0.15, -0.1) is 0 Å². The third kappa shape index (κ3) is 62.8. The molecule has 0 aromatic heterocycles. The van der Waals surface area contributed by atoms with Crippen LogP contribution in [0.1, 0.15) is 361 Å². The van der Waals surface area contributed by atoms with Crippen molar-refractivity contribution in [3.63, 3.8) is 0 Å². The normalized spacial score (nSPS) is 12.9. The van der Waals surface area contributed by atoms with Crippen LogP contribution in [0.15, 0.2) is 60.8 Å². The average molecular weight is 1090 g/mol. The highest BCUT2D eigenvalue weighted by molar-refractivity contribution is 5.76. The van der Waals surface area contributed by atoms with E-state index >= 15 is 0 Å². The van der Waals surface area contributed by atoms with Crippen molar-refractivity contribution in [2.24, 2.45) is 0 Å².